The molecule has 1 aliphatic carbocycles. The molecule has 0 unspecified atom stereocenters. The van der Waals surface area contributed by atoms with E-state index in [0.717, 1.165) is 12.5 Å². The lowest BCUT2D eigenvalue weighted by Crippen LogP contribution is -2.37. The molecule has 1 fully saturated rings. The normalized spacial score (nSPS) is 21.2. The van der Waals surface area contributed by atoms with Crippen LogP contribution in [0.2, 0.25) is 0 Å². The molecule has 2 N–H and O–H groups in total. The van der Waals surface area contributed by atoms with Gasteiger partial charge in [0.15, 0.2) is 0 Å². The average Bonchev–Trinajstić information content (AvgIpc) is 2.26. The van der Waals surface area contributed by atoms with E-state index < -0.39 is 0 Å². The molecule has 15 heavy (non-hydrogen) atoms. The molecule has 1 rings (SSSR count). The summed E-state index contributed by atoms with van der Waals surface area (Å²) in [4.78, 5) is 2.53. The molecule has 1 saturated carbocycles. The van der Waals surface area contributed by atoms with Gasteiger partial charge >= 0.3 is 0 Å². The maximum Gasteiger partial charge on any atom is 0.00922 e. The summed E-state index contributed by atoms with van der Waals surface area (Å²) in [5, 5.41) is 0. The van der Waals surface area contributed by atoms with Gasteiger partial charge in [-0.25, -0.2) is 0 Å². The minimum absolute atomic E-state index is 0.371. The SMILES string of the molecule is CC(C)[C@H](N)CCN(C)C1CCCCC1. The lowest BCUT2D eigenvalue weighted by Gasteiger charge is -2.32. The van der Waals surface area contributed by atoms with Crippen molar-refractivity contribution in [2.75, 3.05) is 13.6 Å². The van der Waals surface area contributed by atoms with E-state index in [1.54, 1.807) is 0 Å². The van der Waals surface area contributed by atoms with Crippen LogP contribution in [0.4, 0.5) is 0 Å². The van der Waals surface area contributed by atoms with Gasteiger partial charge in [-0.2, -0.15) is 0 Å². The lowest BCUT2D eigenvalue weighted by atomic mass is 9.94. The first-order chi connectivity index (χ1) is 7.11. The van der Waals surface area contributed by atoms with Crippen molar-refractivity contribution in [3.05, 3.63) is 0 Å². The maximum absolute atomic E-state index is 6.07. The number of rotatable bonds is 5. The highest BCUT2D eigenvalue weighted by molar-refractivity contribution is 4.75. The minimum Gasteiger partial charge on any atom is -0.327 e. The van der Waals surface area contributed by atoms with Crippen LogP contribution in [0.15, 0.2) is 0 Å². The molecule has 0 aromatic carbocycles. The van der Waals surface area contributed by atoms with Crippen LogP contribution < -0.4 is 5.73 Å². The lowest BCUT2D eigenvalue weighted by molar-refractivity contribution is 0.183. The third-order valence-corrected chi connectivity index (χ3v) is 3.87. The Balaban J connectivity index is 2.19. The number of hydrogen-bond donors (Lipinski definition) is 1. The van der Waals surface area contributed by atoms with Gasteiger partial charge in [-0.05, 0) is 38.8 Å². The van der Waals surface area contributed by atoms with Crippen LogP contribution in [-0.2, 0) is 0 Å². The summed E-state index contributed by atoms with van der Waals surface area (Å²) in [6, 6.07) is 1.20. The zero-order valence-electron chi connectivity index (χ0n) is 10.7. The van der Waals surface area contributed by atoms with Crippen LogP contribution in [0.3, 0.4) is 0 Å². The fourth-order valence-electron chi connectivity index (χ4n) is 2.39. The monoisotopic (exact) mass is 212 g/mol. The quantitative estimate of drug-likeness (QED) is 0.759. The molecule has 0 saturated heterocycles. The smallest absolute Gasteiger partial charge is 0.00922 e. The van der Waals surface area contributed by atoms with Crippen molar-refractivity contribution in [3.63, 3.8) is 0 Å². The molecule has 0 aromatic heterocycles. The van der Waals surface area contributed by atoms with E-state index in [1.807, 2.05) is 0 Å². The highest BCUT2D eigenvalue weighted by Gasteiger charge is 2.18. The summed E-state index contributed by atoms with van der Waals surface area (Å²) in [5.74, 6) is 0.616. The van der Waals surface area contributed by atoms with Gasteiger partial charge in [-0.15, -0.1) is 0 Å². The first-order valence-corrected chi connectivity index (χ1v) is 6.57. The molecule has 0 heterocycles. The van der Waals surface area contributed by atoms with Crippen molar-refractivity contribution in [3.8, 4) is 0 Å². The Kier molecular flexibility index (Phi) is 5.62. The minimum atomic E-state index is 0.371. The van der Waals surface area contributed by atoms with E-state index in [4.69, 9.17) is 5.73 Å². The largest absolute Gasteiger partial charge is 0.327 e. The van der Waals surface area contributed by atoms with Crippen molar-refractivity contribution in [2.45, 2.75) is 64.5 Å². The van der Waals surface area contributed by atoms with Gasteiger partial charge in [0.25, 0.3) is 0 Å². The molecular formula is C13H28N2. The summed E-state index contributed by atoms with van der Waals surface area (Å²) < 4.78 is 0. The van der Waals surface area contributed by atoms with Gasteiger partial charge in [0.05, 0.1) is 0 Å². The molecular weight excluding hydrogens is 184 g/mol. The van der Waals surface area contributed by atoms with Gasteiger partial charge in [-0.1, -0.05) is 33.1 Å². The second-order valence-corrected chi connectivity index (χ2v) is 5.47. The number of hydrogen-bond acceptors (Lipinski definition) is 2. The molecule has 0 bridgehead atoms. The van der Waals surface area contributed by atoms with Gasteiger partial charge in [0.1, 0.15) is 0 Å². The van der Waals surface area contributed by atoms with Crippen molar-refractivity contribution in [2.24, 2.45) is 11.7 Å². The second kappa shape index (κ2) is 6.49. The Morgan fingerprint density at radius 1 is 1.20 bits per heavy atom. The predicted molar refractivity (Wildman–Crippen MR) is 66.9 cm³/mol. The molecule has 1 atom stereocenters. The molecule has 0 spiro atoms. The molecule has 2 heteroatoms. The van der Waals surface area contributed by atoms with Gasteiger partial charge < -0.3 is 10.6 Å². The molecule has 0 aromatic rings. The van der Waals surface area contributed by atoms with Crippen LogP contribution in [0.1, 0.15) is 52.4 Å². The van der Waals surface area contributed by atoms with Gasteiger partial charge in [0.2, 0.25) is 0 Å². The summed E-state index contributed by atoms with van der Waals surface area (Å²) >= 11 is 0. The highest BCUT2D eigenvalue weighted by Crippen LogP contribution is 2.21. The van der Waals surface area contributed by atoms with E-state index >= 15 is 0 Å². The number of nitrogens with zero attached hydrogens (tertiary/aromatic N) is 1. The Morgan fingerprint density at radius 3 is 2.33 bits per heavy atom. The van der Waals surface area contributed by atoms with Crippen LogP contribution >= 0.6 is 0 Å². The van der Waals surface area contributed by atoms with Crippen LogP contribution in [0, 0.1) is 5.92 Å². The molecule has 2 nitrogen and oxygen atoms in total. The molecule has 0 aliphatic heterocycles. The molecule has 1 aliphatic rings. The Hall–Kier alpha value is -0.0800. The predicted octanol–water partition coefficient (Wildman–Crippen LogP) is 2.62. The highest BCUT2D eigenvalue weighted by atomic mass is 15.1. The first-order valence-electron chi connectivity index (χ1n) is 6.57. The second-order valence-electron chi connectivity index (χ2n) is 5.47. The van der Waals surface area contributed by atoms with E-state index in [-0.39, 0.29) is 0 Å². The van der Waals surface area contributed by atoms with Crippen molar-refractivity contribution in [1.29, 1.82) is 0 Å². The van der Waals surface area contributed by atoms with Crippen LogP contribution in [0.25, 0.3) is 0 Å². The molecule has 90 valence electrons. The van der Waals surface area contributed by atoms with Crippen LogP contribution in [0.5, 0.6) is 0 Å². The third kappa shape index (κ3) is 4.52. The average molecular weight is 212 g/mol. The zero-order chi connectivity index (χ0) is 11.3. The third-order valence-electron chi connectivity index (χ3n) is 3.87. The molecule has 0 amide bonds. The summed E-state index contributed by atoms with van der Waals surface area (Å²) in [5.41, 5.74) is 6.07. The van der Waals surface area contributed by atoms with Crippen molar-refractivity contribution in [1.82, 2.24) is 4.90 Å². The fourth-order valence-corrected chi connectivity index (χ4v) is 2.39. The Bertz CT molecular complexity index is 162. The summed E-state index contributed by atoms with van der Waals surface area (Å²) in [7, 11) is 2.27. The summed E-state index contributed by atoms with van der Waals surface area (Å²) in [6.07, 6.45) is 8.22. The van der Waals surface area contributed by atoms with E-state index in [0.29, 0.717) is 12.0 Å². The Morgan fingerprint density at radius 2 is 1.80 bits per heavy atom. The van der Waals surface area contributed by atoms with Crippen LogP contribution in [-0.4, -0.2) is 30.6 Å². The molecule has 0 radical (unpaired) electrons. The number of nitrogens with two attached hydrogens (primary N) is 1. The Labute approximate surface area is 95.2 Å². The summed E-state index contributed by atoms with van der Waals surface area (Å²) in [6.45, 7) is 5.60. The maximum atomic E-state index is 6.07. The standard InChI is InChI=1S/C13H28N2/c1-11(2)13(14)9-10-15(3)12-7-5-4-6-8-12/h11-13H,4-10,14H2,1-3H3/t13-/m1/s1. The fraction of sp³-hybridized carbons (Fsp3) is 1.00. The zero-order valence-corrected chi connectivity index (χ0v) is 10.7. The van der Waals surface area contributed by atoms with E-state index in [9.17, 15) is 0 Å². The van der Waals surface area contributed by atoms with Crippen molar-refractivity contribution < 1.29 is 0 Å². The van der Waals surface area contributed by atoms with Gasteiger partial charge in [0, 0.05) is 12.1 Å². The topological polar surface area (TPSA) is 29.3 Å². The van der Waals surface area contributed by atoms with E-state index in [2.05, 4.69) is 25.8 Å². The van der Waals surface area contributed by atoms with E-state index in [1.165, 1.54) is 38.6 Å². The van der Waals surface area contributed by atoms with Gasteiger partial charge in [-0.3, -0.25) is 0 Å². The first kappa shape index (κ1) is 13.0. The van der Waals surface area contributed by atoms with Crippen molar-refractivity contribution >= 4 is 0 Å².